The van der Waals surface area contributed by atoms with Crippen molar-refractivity contribution in [2.45, 2.75) is 5.03 Å². The van der Waals surface area contributed by atoms with Crippen LogP contribution < -0.4 is 0 Å². The van der Waals surface area contributed by atoms with Crippen LogP contribution in [0, 0.1) is 4.77 Å². The van der Waals surface area contributed by atoms with E-state index in [-0.39, 0.29) is 0 Å². The first-order valence-electron chi connectivity index (χ1n) is 2.15. The van der Waals surface area contributed by atoms with E-state index in [2.05, 4.69) is 17.6 Å². The van der Waals surface area contributed by atoms with E-state index in [1.54, 1.807) is 10.8 Å². The fraction of sp³-hybridized carbons (Fsp3) is 0.250. The lowest BCUT2D eigenvalue weighted by Crippen LogP contribution is -1.85. The van der Waals surface area contributed by atoms with Crippen molar-refractivity contribution in [1.82, 2.24) is 9.55 Å². The number of hydrogen-bond donors (Lipinski definition) is 2. The summed E-state index contributed by atoms with van der Waals surface area (Å²) in [6.45, 7) is 0. The van der Waals surface area contributed by atoms with Crippen molar-refractivity contribution in [3.63, 3.8) is 0 Å². The van der Waals surface area contributed by atoms with Gasteiger partial charge in [0, 0.05) is 13.2 Å². The molecule has 0 spiro atoms. The van der Waals surface area contributed by atoms with Crippen LogP contribution in [0.15, 0.2) is 11.2 Å². The number of nitrogens with zero attached hydrogens (tertiary/aromatic N) is 1. The second-order valence-corrected chi connectivity index (χ2v) is 2.36. The Balaban J connectivity index is 3.41. The Kier molecular flexibility index (Phi) is 1.44. The quantitative estimate of drug-likeness (QED) is 0.418. The third-order valence-corrected chi connectivity index (χ3v) is 1.79. The Labute approximate surface area is 57.9 Å². The molecular formula is C4H6N2S2. The fourth-order valence-corrected chi connectivity index (χ4v) is 0.813. The van der Waals surface area contributed by atoms with Gasteiger partial charge in [-0.25, -0.2) is 0 Å². The molecule has 0 bridgehead atoms. The minimum absolute atomic E-state index is 0.704. The van der Waals surface area contributed by atoms with Gasteiger partial charge in [0.05, 0.1) is 5.03 Å². The summed E-state index contributed by atoms with van der Waals surface area (Å²) >= 11 is 8.92. The smallest absolute Gasteiger partial charge is 0.177 e. The first-order chi connectivity index (χ1) is 3.72. The number of imidazole rings is 1. The zero-order chi connectivity index (χ0) is 6.15. The normalized spacial score (nSPS) is 9.75. The minimum atomic E-state index is 0.704. The molecule has 0 aliphatic rings. The van der Waals surface area contributed by atoms with Crippen molar-refractivity contribution >= 4 is 24.8 Å². The van der Waals surface area contributed by atoms with Crippen molar-refractivity contribution in [1.29, 1.82) is 0 Å². The summed E-state index contributed by atoms with van der Waals surface area (Å²) in [4.78, 5) is 2.84. The van der Waals surface area contributed by atoms with Crippen LogP contribution in [0.5, 0.6) is 0 Å². The number of hydrogen-bond acceptors (Lipinski definition) is 2. The molecule has 4 heteroatoms. The predicted octanol–water partition coefficient (Wildman–Crippen LogP) is 1.37. The lowest BCUT2D eigenvalue weighted by Gasteiger charge is -1.87. The van der Waals surface area contributed by atoms with Gasteiger partial charge in [0.15, 0.2) is 4.77 Å². The van der Waals surface area contributed by atoms with Gasteiger partial charge in [-0.15, -0.1) is 12.6 Å². The van der Waals surface area contributed by atoms with Crippen molar-refractivity contribution in [3.8, 4) is 0 Å². The molecule has 0 amide bonds. The molecule has 1 rings (SSSR count). The molecule has 0 radical (unpaired) electrons. The molecule has 1 aromatic rings. The molecule has 0 aliphatic heterocycles. The van der Waals surface area contributed by atoms with Gasteiger partial charge in [0.25, 0.3) is 0 Å². The highest BCUT2D eigenvalue weighted by Gasteiger charge is 1.88. The summed E-state index contributed by atoms with van der Waals surface area (Å²) in [5, 5.41) is 0.856. The molecule has 1 heterocycles. The Bertz CT molecular complexity index is 234. The van der Waals surface area contributed by atoms with Gasteiger partial charge < -0.3 is 9.55 Å². The second kappa shape index (κ2) is 1.95. The molecule has 0 saturated carbocycles. The first kappa shape index (κ1) is 5.91. The van der Waals surface area contributed by atoms with E-state index >= 15 is 0 Å². The molecule has 1 aromatic heterocycles. The molecular weight excluding hydrogens is 140 g/mol. The average Bonchev–Trinajstić information content (AvgIpc) is 1.98. The SMILES string of the molecule is Cn1c(S)c[nH]c1=S. The van der Waals surface area contributed by atoms with Gasteiger partial charge in [0.1, 0.15) is 0 Å². The lowest BCUT2D eigenvalue weighted by molar-refractivity contribution is 0.813. The maximum absolute atomic E-state index is 4.83. The number of thiol groups is 1. The van der Waals surface area contributed by atoms with Crippen LogP contribution in [0.25, 0.3) is 0 Å². The topological polar surface area (TPSA) is 20.7 Å². The Morgan fingerprint density at radius 1 is 1.88 bits per heavy atom. The number of aromatic nitrogens is 2. The number of H-pyrrole nitrogens is 1. The summed E-state index contributed by atoms with van der Waals surface area (Å²) in [6, 6.07) is 0. The van der Waals surface area contributed by atoms with Crippen molar-refractivity contribution < 1.29 is 0 Å². The summed E-state index contributed by atoms with van der Waals surface area (Å²) in [5.74, 6) is 0. The highest BCUT2D eigenvalue weighted by atomic mass is 32.1. The molecule has 0 saturated heterocycles. The summed E-state index contributed by atoms with van der Waals surface area (Å²) in [7, 11) is 1.86. The zero-order valence-corrected chi connectivity index (χ0v) is 6.09. The van der Waals surface area contributed by atoms with E-state index in [1.165, 1.54) is 0 Å². The number of rotatable bonds is 0. The van der Waals surface area contributed by atoms with E-state index in [4.69, 9.17) is 12.2 Å². The van der Waals surface area contributed by atoms with Gasteiger partial charge in [-0.3, -0.25) is 0 Å². The first-order valence-corrected chi connectivity index (χ1v) is 3.00. The molecule has 2 nitrogen and oxygen atoms in total. The maximum atomic E-state index is 4.83. The van der Waals surface area contributed by atoms with Gasteiger partial charge in [-0.05, 0) is 12.2 Å². The molecule has 1 N–H and O–H groups in total. The van der Waals surface area contributed by atoms with Crippen LogP contribution in [-0.4, -0.2) is 9.55 Å². The molecule has 44 valence electrons. The zero-order valence-electron chi connectivity index (χ0n) is 4.38. The fourth-order valence-electron chi connectivity index (χ4n) is 0.424. The Morgan fingerprint density at radius 2 is 2.50 bits per heavy atom. The molecule has 0 unspecified atom stereocenters. The van der Waals surface area contributed by atoms with E-state index in [9.17, 15) is 0 Å². The van der Waals surface area contributed by atoms with Crippen LogP contribution >= 0.6 is 24.8 Å². The predicted molar refractivity (Wildman–Crippen MR) is 37.8 cm³/mol. The Hall–Kier alpha value is -0.220. The third-order valence-electron chi connectivity index (χ3n) is 0.973. The molecule has 0 aliphatic carbocycles. The standard InChI is InChI=1S/C4H6N2S2/c1-6-3(7)2-5-4(6)8/h2,7H,1H3,(H,5,8). The molecule has 0 atom stereocenters. The van der Waals surface area contributed by atoms with Crippen LogP contribution in [0.3, 0.4) is 0 Å². The summed E-state index contributed by atoms with van der Waals surface area (Å²) in [6.07, 6.45) is 1.76. The highest BCUT2D eigenvalue weighted by molar-refractivity contribution is 7.80. The largest absolute Gasteiger partial charge is 0.336 e. The van der Waals surface area contributed by atoms with Crippen LogP contribution in [0.1, 0.15) is 0 Å². The van der Waals surface area contributed by atoms with Crippen LogP contribution in [-0.2, 0) is 7.05 Å². The van der Waals surface area contributed by atoms with Crippen LogP contribution in [0.4, 0.5) is 0 Å². The molecule has 8 heavy (non-hydrogen) atoms. The average molecular weight is 146 g/mol. The van der Waals surface area contributed by atoms with Crippen molar-refractivity contribution in [2.24, 2.45) is 7.05 Å². The summed E-state index contributed by atoms with van der Waals surface area (Å²) in [5.41, 5.74) is 0. The monoisotopic (exact) mass is 146 g/mol. The Morgan fingerprint density at radius 3 is 2.62 bits per heavy atom. The van der Waals surface area contributed by atoms with Gasteiger partial charge in [-0.2, -0.15) is 0 Å². The number of aromatic amines is 1. The highest BCUT2D eigenvalue weighted by Crippen LogP contribution is 2.01. The molecule has 0 fully saturated rings. The van der Waals surface area contributed by atoms with E-state index in [1.807, 2.05) is 7.05 Å². The van der Waals surface area contributed by atoms with Crippen molar-refractivity contribution in [3.05, 3.63) is 11.0 Å². The van der Waals surface area contributed by atoms with E-state index in [0.29, 0.717) is 4.77 Å². The van der Waals surface area contributed by atoms with E-state index < -0.39 is 0 Å². The second-order valence-electron chi connectivity index (χ2n) is 1.51. The minimum Gasteiger partial charge on any atom is -0.336 e. The third kappa shape index (κ3) is 0.809. The maximum Gasteiger partial charge on any atom is 0.177 e. The van der Waals surface area contributed by atoms with Gasteiger partial charge in [0.2, 0.25) is 0 Å². The molecule has 0 aromatic carbocycles. The van der Waals surface area contributed by atoms with Gasteiger partial charge >= 0.3 is 0 Å². The van der Waals surface area contributed by atoms with Crippen molar-refractivity contribution in [2.75, 3.05) is 0 Å². The lowest BCUT2D eigenvalue weighted by atomic mass is 10.9. The van der Waals surface area contributed by atoms with Crippen LogP contribution in [0.2, 0.25) is 0 Å². The van der Waals surface area contributed by atoms with E-state index in [0.717, 1.165) is 5.03 Å². The van der Waals surface area contributed by atoms with Gasteiger partial charge in [-0.1, -0.05) is 0 Å². The summed E-state index contributed by atoms with van der Waals surface area (Å²) < 4.78 is 2.49. The number of nitrogens with one attached hydrogen (secondary N) is 1.